The third kappa shape index (κ3) is 3.93. The minimum Gasteiger partial charge on any atom is -0.367 e. The lowest BCUT2D eigenvalue weighted by atomic mass is 10.0. The highest BCUT2D eigenvalue weighted by Crippen LogP contribution is 2.30. The number of benzene rings is 1. The Morgan fingerprint density at radius 1 is 1.21 bits per heavy atom. The van der Waals surface area contributed by atoms with Gasteiger partial charge in [0.15, 0.2) is 0 Å². The third-order valence-electron chi connectivity index (χ3n) is 5.20. The van der Waals surface area contributed by atoms with Crippen molar-refractivity contribution in [3.05, 3.63) is 81.7 Å². The molecule has 2 aromatic heterocycles. The highest BCUT2D eigenvalue weighted by Gasteiger charge is 2.26. The molecule has 5 nitrogen and oxygen atoms in total. The van der Waals surface area contributed by atoms with Crippen LogP contribution in [0.25, 0.3) is 0 Å². The first-order valence-corrected chi connectivity index (χ1v) is 10.4. The zero-order chi connectivity index (χ0) is 19.3. The molecule has 6 heteroatoms. The second-order valence-corrected chi connectivity index (χ2v) is 7.88. The molecule has 0 saturated carbocycles. The van der Waals surface area contributed by atoms with Crippen LogP contribution in [0, 0.1) is 0 Å². The largest absolute Gasteiger partial charge is 0.367 e. The maximum atomic E-state index is 12.2. The van der Waals surface area contributed by atoms with Crippen molar-refractivity contribution in [2.75, 3.05) is 25.5 Å². The van der Waals surface area contributed by atoms with E-state index >= 15 is 0 Å². The van der Waals surface area contributed by atoms with Crippen LogP contribution >= 0.6 is 11.3 Å². The topological polar surface area (TPSA) is 57.3 Å². The number of thiophene rings is 1. The average molecular weight is 393 g/mol. The molecule has 1 unspecified atom stereocenters. The fourth-order valence-electron chi connectivity index (χ4n) is 3.73. The van der Waals surface area contributed by atoms with Crippen LogP contribution in [0.5, 0.6) is 0 Å². The van der Waals surface area contributed by atoms with Crippen molar-refractivity contribution in [3.8, 4) is 0 Å². The lowest BCUT2D eigenvalue weighted by Gasteiger charge is -2.35. The number of nitrogens with zero attached hydrogens (tertiary/aromatic N) is 2. The standard InChI is InChI=1S/C22H24N4OS/c1-23-22(27)18-8-5-11-24-21(18)25-14-19(16-6-3-2-4-7-16)26-12-9-20-17(15-26)10-13-28-20/h2-8,10-11,13,19H,9,12,14-15H2,1H3,(H,23,27)(H,24,25). The van der Waals surface area contributed by atoms with E-state index in [1.165, 1.54) is 16.0 Å². The Labute approximate surface area is 169 Å². The number of rotatable bonds is 6. The molecule has 2 N–H and O–H groups in total. The number of pyridine rings is 1. The van der Waals surface area contributed by atoms with Crippen molar-refractivity contribution in [2.45, 2.75) is 19.0 Å². The molecule has 3 aromatic rings. The Hall–Kier alpha value is -2.70. The van der Waals surface area contributed by atoms with Gasteiger partial charge in [-0.15, -0.1) is 11.3 Å². The summed E-state index contributed by atoms with van der Waals surface area (Å²) in [6, 6.07) is 16.6. The van der Waals surface area contributed by atoms with E-state index in [4.69, 9.17) is 0 Å². The maximum absolute atomic E-state index is 12.2. The summed E-state index contributed by atoms with van der Waals surface area (Å²) in [5.74, 6) is 0.490. The Bertz CT molecular complexity index is 940. The van der Waals surface area contributed by atoms with Gasteiger partial charge < -0.3 is 10.6 Å². The molecule has 0 radical (unpaired) electrons. The first-order valence-electron chi connectivity index (χ1n) is 9.51. The van der Waals surface area contributed by atoms with Gasteiger partial charge in [-0.05, 0) is 41.1 Å². The first kappa shape index (κ1) is 18.7. The SMILES string of the molecule is CNC(=O)c1cccnc1NCC(c1ccccc1)N1CCc2sccc2C1. The van der Waals surface area contributed by atoms with Crippen LogP contribution in [0.2, 0.25) is 0 Å². The van der Waals surface area contributed by atoms with Crippen molar-refractivity contribution >= 4 is 23.1 Å². The Morgan fingerprint density at radius 2 is 2.07 bits per heavy atom. The van der Waals surface area contributed by atoms with E-state index in [1.54, 1.807) is 25.4 Å². The Morgan fingerprint density at radius 3 is 2.89 bits per heavy atom. The summed E-state index contributed by atoms with van der Waals surface area (Å²) in [5.41, 5.74) is 3.27. The van der Waals surface area contributed by atoms with Crippen LogP contribution < -0.4 is 10.6 Å². The third-order valence-corrected chi connectivity index (χ3v) is 6.23. The minimum absolute atomic E-state index is 0.132. The highest BCUT2D eigenvalue weighted by atomic mass is 32.1. The fraction of sp³-hybridized carbons (Fsp3) is 0.273. The van der Waals surface area contributed by atoms with Crippen LogP contribution in [0.1, 0.15) is 32.4 Å². The van der Waals surface area contributed by atoms with E-state index in [0.717, 1.165) is 19.5 Å². The number of aromatic nitrogens is 1. The maximum Gasteiger partial charge on any atom is 0.254 e. The van der Waals surface area contributed by atoms with E-state index in [9.17, 15) is 4.79 Å². The van der Waals surface area contributed by atoms with Gasteiger partial charge in [-0.25, -0.2) is 4.98 Å². The van der Waals surface area contributed by atoms with Gasteiger partial charge in [0.25, 0.3) is 5.91 Å². The van der Waals surface area contributed by atoms with Crippen molar-refractivity contribution < 1.29 is 4.79 Å². The summed E-state index contributed by atoms with van der Waals surface area (Å²) in [4.78, 5) is 20.6. The monoisotopic (exact) mass is 392 g/mol. The van der Waals surface area contributed by atoms with E-state index < -0.39 is 0 Å². The summed E-state index contributed by atoms with van der Waals surface area (Å²) < 4.78 is 0. The number of anilines is 1. The molecule has 0 fully saturated rings. The summed E-state index contributed by atoms with van der Waals surface area (Å²) >= 11 is 1.86. The van der Waals surface area contributed by atoms with Crippen LogP contribution in [-0.4, -0.2) is 35.9 Å². The summed E-state index contributed by atoms with van der Waals surface area (Å²) in [6.45, 7) is 2.66. The van der Waals surface area contributed by atoms with Crippen molar-refractivity contribution in [3.63, 3.8) is 0 Å². The quantitative estimate of drug-likeness (QED) is 0.671. The predicted molar refractivity (Wildman–Crippen MR) is 114 cm³/mol. The number of carbonyl (C=O) groups is 1. The van der Waals surface area contributed by atoms with Gasteiger partial charge in [0, 0.05) is 37.8 Å². The molecule has 0 aliphatic carbocycles. The van der Waals surface area contributed by atoms with Gasteiger partial charge in [0.1, 0.15) is 5.82 Å². The normalized spacial score (nSPS) is 14.9. The highest BCUT2D eigenvalue weighted by molar-refractivity contribution is 7.10. The fourth-order valence-corrected chi connectivity index (χ4v) is 4.62. The lowest BCUT2D eigenvalue weighted by molar-refractivity contribution is 0.0963. The number of nitrogens with one attached hydrogen (secondary N) is 2. The molecule has 0 saturated heterocycles. The number of hydrogen-bond acceptors (Lipinski definition) is 5. The molecule has 1 aromatic carbocycles. The number of carbonyl (C=O) groups excluding carboxylic acids is 1. The van der Waals surface area contributed by atoms with Gasteiger partial charge in [-0.1, -0.05) is 30.3 Å². The smallest absolute Gasteiger partial charge is 0.254 e. The molecule has 144 valence electrons. The minimum atomic E-state index is -0.132. The van der Waals surface area contributed by atoms with E-state index in [1.807, 2.05) is 17.4 Å². The number of fused-ring (bicyclic) bond motifs is 1. The second-order valence-electron chi connectivity index (χ2n) is 6.88. The summed E-state index contributed by atoms with van der Waals surface area (Å²) in [7, 11) is 1.64. The molecule has 1 aliphatic heterocycles. The van der Waals surface area contributed by atoms with Crippen LogP contribution in [-0.2, 0) is 13.0 Å². The molecule has 0 bridgehead atoms. The van der Waals surface area contributed by atoms with Crippen molar-refractivity contribution in [2.24, 2.45) is 0 Å². The van der Waals surface area contributed by atoms with Gasteiger partial charge in [-0.2, -0.15) is 0 Å². The molecule has 1 aliphatic rings. The molecule has 0 spiro atoms. The van der Waals surface area contributed by atoms with E-state index in [2.05, 4.69) is 56.2 Å². The second kappa shape index (κ2) is 8.54. The average Bonchev–Trinajstić information content (AvgIpc) is 3.22. The van der Waals surface area contributed by atoms with E-state index in [-0.39, 0.29) is 11.9 Å². The van der Waals surface area contributed by atoms with Crippen LogP contribution in [0.15, 0.2) is 60.1 Å². The van der Waals surface area contributed by atoms with Crippen molar-refractivity contribution in [1.29, 1.82) is 0 Å². The van der Waals surface area contributed by atoms with Gasteiger partial charge in [0.05, 0.1) is 11.6 Å². The molecule has 3 heterocycles. The zero-order valence-corrected chi connectivity index (χ0v) is 16.7. The molecular formula is C22H24N4OS. The lowest BCUT2D eigenvalue weighted by Crippen LogP contribution is -2.37. The van der Waals surface area contributed by atoms with E-state index in [0.29, 0.717) is 17.9 Å². The molecule has 1 atom stereocenters. The Balaban J connectivity index is 1.57. The number of amides is 1. The molecule has 1 amide bonds. The zero-order valence-electron chi connectivity index (χ0n) is 15.9. The molecule has 4 rings (SSSR count). The first-order chi connectivity index (χ1) is 13.8. The van der Waals surface area contributed by atoms with Crippen LogP contribution in [0.3, 0.4) is 0 Å². The Kier molecular flexibility index (Phi) is 5.69. The molecule has 28 heavy (non-hydrogen) atoms. The van der Waals surface area contributed by atoms with Gasteiger partial charge >= 0.3 is 0 Å². The number of hydrogen-bond donors (Lipinski definition) is 2. The summed E-state index contributed by atoms with van der Waals surface area (Å²) in [6.07, 6.45) is 2.80. The van der Waals surface area contributed by atoms with Gasteiger partial charge in [0.2, 0.25) is 0 Å². The summed E-state index contributed by atoms with van der Waals surface area (Å²) in [5, 5.41) is 8.30. The van der Waals surface area contributed by atoms with Gasteiger partial charge in [-0.3, -0.25) is 9.69 Å². The predicted octanol–water partition coefficient (Wildman–Crippen LogP) is 3.71. The van der Waals surface area contributed by atoms with Crippen molar-refractivity contribution in [1.82, 2.24) is 15.2 Å². The van der Waals surface area contributed by atoms with Crippen LogP contribution in [0.4, 0.5) is 5.82 Å². The molecular weight excluding hydrogens is 368 g/mol.